The minimum atomic E-state index is 0.252. The zero-order chi connectivity index (χ0) is 12.3. The molecule has 0 aliphatic carbocycles. The van der Waals surface area contributed by atoms with E-state index in [4.69, 9.17) is 0 Å². The molecule has 1 amide bonds. The van der Waals surface area contributed by atoms with Crippen molar-refractivity contribution in [1.29, 1.82) is 0 Å². The van der Waals surface area contributed by atoms with Gasteiger partial charge in [-0.25, -0.2) is 0 Å². The quantitative estimate of drug-likeness (QED) is 0.869. The van der Waals surface area contributed by atoms with Crippen LogP contribution in [0.15, 0.2) is 18.2 Å². The number of hydrogen-bond acceptors (Lipinski definition) is 2. The fourth-order valence-electron chi connectivity index (χ4n) is 2.47. The topological polar surface area (TPSA) is 32.3 Å². The van der Waals surface area contributed by atoms with E-state index in [1.807, 2.05) is 24.9 Å². The molecule has 0 saturated carbocycles. The highest BCUT2D eigenvalue weighted by molar-refractivity contribution is 5.95. The van der Waals surface area contributed by atoms with Crippen molar-refractivity contribution in [3.63, 3.8) is 0 Å². The Bertz CT molecular complexity index is 415. The highest BCUT2D eigenvalue weighted by Crippen LogP contribution is 2.32. The Morgan fingerprint density at radius 3 is 3.00 bits per heavy atom. The van der Waals surface area contributed by atoms with Crippen LogP contribution >= 0.6 is 0 Å². The molecule has 1 aliphatic heterocycles. The Morgan fingerprint density at radius 1 is 1.47 bits per heavy atom. The summed E-state index contributed by atoms with van der Waals surface area (Å²) in [6.07, 6.45) is 3.67. The largest absolute Gasteiger partial charge is 0.388 e. The van der Waals surface area contributed by atoms with Crippen LogP contribution in [0.5, 0.6) is 0 Å². The Hall–Kier alpha value is -1.51. The van der Waals surface area contributed by atoms with Crippen LogP contribution in [-0.4, -0.2) is 19.5 Å². The summed E-state index contributed by atoms with van der Waals surface area (Å²) < 4.78 is 0. The van der Waals surface area contributed by atoms with Crippen LogP contribution in [-0.2, 0) is 11.2 Å². The van der Waals surface area contributed by atoms with Crippen molar-refractivity contribution in [2.24, 2.45) is 0 Å². The van der Waals surface area contributed by atoms with Crippen molar-refractivity contribution in [2.75, 3.05) is 23.8 Å². The standard InChI is InChI=1S/C14H20N2O/c1-3-6-14(17)16-10-5-7-11-12(15-2)8-4-9-13(11)16/h4,8-9,15H,3,5-7,10H2,1-2H3. The molecular formula is C14H20N2O. The van der Waals surface area contributed by atoms with Gasteiger partial charge in [0.15, 0.2) is 0 Å². The molecule has 17 heavy (non-hydrogen) atoms. The smallest absolute Gasteiger partial charge is 0.226 e. The molecule has 3 heteroatoms. The summed E-state index contributed by atoms with van der Waals surface area (Å²) in [4.78, 5) is 14.0. The molecule has 0 aromatic heterocycles. The maximum absolute atomic E-state index is 12.1. The average molecular weight is 232 g/mol. The van der Waals surface area contributed by atoms with Crippen LogP contribution < -0.4 is 10.2 Å². The van der Waals surface area contributed by atoms with E-state index < -0.39 is 0 Å². The van der Waals surface area contributed by atoms with Crippen LogP contribution in [0, 0.1) is 0 Å². The molecule has 0 spiro atoms. The first-order chi connectivity index (χ1) is 8.27. The lowest BCUT2D eigenvalue weighted by atomic mass is 9.99. The van der Waals surface area contributed by atoms with Crippen molar-refractivity contribution >= 4 is 17.3 Å². The normalized spacial score (nSPS) is 14.4. The summed E-state index contributed by atoms with van der Waals surface area (Å²) in [6.45, 7) is 2.91. The molecule has 0 bridgehead atoms. The third-order valence-corrected chi connectivity index (χ3v) is 3.28. The second-order valence-corrected chi connectivity index (χ2v) is 4.45. The van der Waals surface area contributed by atoms with Crippen LogP contribution in [0.3, 0.4) is 0 Å². The van der Waals surface area contributed by atoms with E-state index >= 15 is 0 Å². The van der Waals surface area contributed by atoms with Gasteiger partial charge in [-0.3, -0.25) is 4.79 Å². The third-order valence-electron chi connectivity index (χ3n) is 3.28. The Balaban J connectivity index is 2.34. The fourth-order valence-corrected chi connectivity index (χ4v) is 2.47. The van der Waals surface area contributed by atoms with Crippen LogP contribution in [0.4, 0.5) is 11.4 Å². The lowest BCUT2D eigenvalue weighted by Crippen LogP contribution is -2.35. The van der Waals surface area contributed by atoms with Gasteiger partial charge in [0.05, 0.1) is 0 Å². The van der Waals surface area contributed by atoms with Crippen molar-refractivity contribution in [1.82, 2.24) is 0 Å². The van der Waals surface area contributed by atoms with Crippen molar-refractivity contribution < 1.29 is 4.79 Å². The summed E-state index contributed by atoms with van der Waals surface area (Å²) in [5.74, 6) is 0.252. The molecule has 2 rings (SSSR count). The second-order valence-electron chi connectivity index (χ2n) is 4.45. The monoisotopic (exact) mass is 232 g/mol. The lowest BCUT2D eigenvalue weighted by Gasteiger charge is -2.30. The Kier molecular flexibility index (Phi) is 3.67. The number of benzene rings is 1. The highest BCUT2D eigenvalue weighted by Gasteiger charge is 2.23. The van der Waals surface area contributed by atoms with Crippen molar-refractivity contribution in [3.8, 4) is 0 Å². The van der Waals surface area contributed by atoms with Crippen LogP contribution in [0.1, 0.15) is 31.7 Å². The zero-order valence-electron chi connectivity index (χ0n) is 10.6. The Morgan fingerprint density at radius 2 is 2.29 bits per heavy atom. The number of carbonyl (C=O) groups excluding carboxylic acids is 1. The Labute approximate surface area is 103 Å². The van der Waals surface area contributed by atoms with Gasteiger partial charge in [-0.1, -0.05) is 13.0 Å². The maximum atomic E-state index is 12.1. The summed E-state index contributed by atoms with van der Waals surface area (Å²) in [7, 11) is 1.93. The molecule has 1 aromatic rings. The van der Waals surface area contributed by atoms with Crippen molar-refractivity contribution in [2.45, 2.75) is 32.6 Å². The zero-order valence-corrected chi connectivity index (χ0v) is 10.6. The molecule has 0 unspecified atom stereocenters. The van der Waals surface area contributed by atoms with Gasteiger partial charge in [0.1, 0.15) is 0 Å². The molecule has 0 fully saturated rings. The van der Waals surface area contributed by atoms with Gasteiger partial charge in [-0.05, 0) is 37.0 Å². The molecule has 0 saturated heterocycles. The van der Waals surface area contributed by atoms with Gasteiger partial charge in [0, 0.05) is 31.4 Å². The molecule has 1 aromatic carbocycles. The van der Waals surface area contributed by atoms with E-state index in [0.29, 0.717) is 6.42 Å². The van der Waals surface area contributed by atoms with E-state index in [-0.39, 0.29) is 5.91 Å². The SMILES string of the molecule is CCCC(=O)N1CCCc2c(NC)cccc21. The molecule has 1 N–H and O–H groups in total. The number of rotatable bonds is 3. The van der Waals surface area contributed by atoms with Gasteiger partial charge in [0.2, 0.25) is 5.91 Å². The number of anilines is 2. The van der Waals surface area contributed by atoms with E-state index in [2.05, 4.69) is 17.4 Å². The average Bonchev–Trinajstić information content (AvgIpc) is 2.37. The predicted molar refractivity (Wildman–Crippen MR) is 71.6 cm³/mol. The van der Waals surface area contributed by atoms with Crippen LogP contribution in [0.2, 0.25) is 0 Å². The van der Waals surface area contributed by atoms with Crippen molar-refractivity contribution in [3.05, 3.63) is 23.8 Å². The van der Waals surface area contributed by atoms with Gasteiger partial charge in [-0.15, -0.1) is 0 Å². The van der Waals surface area contributed by atoms with E-state index in [9.17, 15) is 4.79 Å². The molecule has 1 aliphatic rings. The van der Waals surface area contributed by atoms with E-state index in [0.717, 1.165) is 37.2 Å². The van der Waals surface area contributed by atoms with E-state index in [1.54, 1.807) is 0 Å². The van der Waals surface area contributed by atoms with E-state index in [1.165, 1.54) is 5.56 Å². The third kappa shape index (κ3) is 2.28. The predicted octanol–water partition coefficient (Wildman–Crippen LogP) is 2.81. The summed E-state index contributed by atoms with van der Waals surface area (Å²) >= 11 is 0. The molecule has 0 radical (unpaired) electrons. The number of fused-ring (bicyclic) bond motifs is 1. The van der Waals surface area contributed by atoms with Crippen LogP contribution in [0.25, 0.3) is 0 Å². The number of nitrogens with one attached hydrogen (secondary N) is 1. The number of nitrogens with zero attached hydrogens (tertiary/aromatic N) is 1. The molecule has 92 valence electrons. The second kappa shape index (κ2) is 5.21. The van der Waals surface area contributed by atoms with Gasteiger partial charge in [-0.2, -0.15) is 0 Å². The first kappa shape index (κ1) is 12.0. The summed E-state index contributed by atoms with van der Waals surface area (Å²) in [5, 5.41) is 3.21. The molecule has 3 nitrogen and oxygen atoms in total. The molecular weight excluding hydrogens is 212 g/mol. The fraction of sp³-hybridized carbons (Fsp3) is 0.500. The number of hydrogen-bond donors (Lipinski definition) is 1. The van der Waals surface area contributed by atoms with Gasteiger partial charge >= 0.3 is 0 Å². The lowest BCUT2D eigenvalue weighted by molar-refractivity contribution is -0.118. The number of amides is 1. The summed E-state index contributed by atoms with van der Waals surface area (Å²) in [5.41, 5.74) is 3.53. The molecule has 0 atom stereocenters. The molecule has 1 heterocycles. The number of carbonyl (C=O) groups is 1. The highest BCUT2D eigenvalue weighted by atomic mass is 16.2. The van der Waals surface area contributed by atoms with Gasteiger partial charge in [0.25, 0.3) is 0 Å². The minimum Gasteiger partial charge on any atom is -0.388 e. The summed E-state index contributed by atoms with van der Waals surface area (Å²) in [6, 6.07) is 6.15. The minimum absolute atomic E-state index is 0.252. The maximum Gasteiger partial charge on any atom is 0.226 e. The first-order valence-electron chi connectivity index (χ1n) is 6.38. The first-order valence-corrected chi connectivity index (χ1v) is 6.38. The van der Waals surface area contributed by atoms with Gasteiger partial charge < -0.3 is 10.2 Å².